The van der Waals surface area contributed by atoms with E-state index in [-0.39, 0.29) is 24.0 Å². The highest BCUT2D eigenvalue weighted by molar-refractivity contribution is 5.71. The van der Waals surface area contributed by atoms with E-state index in [9.17, 15) is 4.79 Å². The molecule has 0 bridgehead atoms. The van der Waals surface area contributed by atoms with Crippen molar-refractivity contribution in [2.75, 3.05) is 13.7 Å². The van der Waals surface area contributed by atoms with Gasteiger partial charge in [-0.25, -0.2) is 0 Å². The van der Waals surface area contributed by atoms with Crippen LogP contribution in [0.2, 0.25) is 0 Å². The Bertz CT molecular complexity index is 421. The average molecular weight is 269 g/mol. The second-order valence-electron chi connectivity index (χ2n) is 5.83. The van der Waals surface area contributed by atoms with E-state index in [1.807, 2.05) is 39.5 Å². The van der Waals surface area contributed by atoms with Gasteiger partial charge >= 0.3 is 5.97 Å². The highest BCUT2D eigenvalue weighted by Gasteiger charge is 2.23. The Labute approximate surface area is 114 Å². The van der Waals surface area contributed by atoms with Gasteiger partial charge in [0.15, 0.2) is 0 Å². The molecule has 6 heteroatoms. The van der Waals surface area contributed by atoms with Gasteiger partial charge in [-0.1, -0.05) is 20.8 Å². The lowest BCUT2D eigenvalue weighted by atomic mass is 9.97. The number of carbonyl (C=O) groups excluding carboxylic acids is 1. The summed E-state index contributed by atoms with van der Waals surface area (Å²) in [6, 6.07) is 0.184. The first-order valence-corrected chi connectivity index (χ1v) is 6.37. The summed E-state index contributed by atoms with van der Waals surface area (Å²) in [7, 11) is 1.38. The first kappa shape index (κ1) is 15.6. The van der Waals surface area contributed by atoms with E-state index in [0.29, 0.717) is 18.3 Å². The summed E-state index contributed by atoms with van der Waals surface area (Å²) in [6.07, 6.45) is 0. The molecule has 1 heterocycles. The molecule has 0 atom stereocenters. The topological polar surface area (TPSA) is 68.5 Å². The minimum Gasteiger partial charge on any atom is -0.468 e. The predicted octanol–water partition coefficient (Wildman–Crippen LogP) is 1.75. The Balaban J connectivity index is 2.74. The first-order chi connectivity index (χ1) is 8.74. The van der Waals surface area contributed by atoms with E-state index in [2.05, 4.69) is 14.9 Å². The van der Waals surface area contributed by atoms with Gasteiger partial charge in [0.1, 0.15) is 0 Å². The zero-order valence-corrected chi connectivity index (χ0v) is 12.6. The zero-order chi connectivity index (χ0) is 14.6. The second kappa shape index (κ2) is 6.14. The van der Waals surface area contributed by atoms with Crippen molar-refractivity contribution in [3.05, 3.63) is 11.8 Å². The largest absolute Gasteiger partial charge is 0.468 e. The van der Waals surface area contributed by atoms with Crippen LogP contribution in [-0.2, 0) is 21.5 Å². The SMILES string of the molecule is COC(=O)CN(Cc1nnc(C(C)(C)C)o1)C(C)C. The van der Waals surface area contributed by atoms with Crippen molar-refractivity contribution in [2.24, 2.45) is 0 Å². The normalized spacial score (nSPS) is 12.2. The van der Waals surface area contributed by atoms with E-state index >= 15 is 0 Å². The fourth-order valence-electron chi connectivity index (χ4n) is 1.45. The lowest BCUT2D eigenvalue weighted by molar-refractivity contribution is -0.142. The molecular weight excluding hydrogens is 246 g/mol. The van der Waals surface area contributed by atoms with E-state index in [4.69, 9.17) is 4.42 Å². The predicted molar refractivity (Wildman–Crippen MR) is 70.6 cm³/mol. The Morgan fingerprint density at radius 2 is 2.00 bits per heavy atom. The molecule has 0 radical (unpaired) electrons. The molecule has 1 aromatic rings. The van der Waals surface area contributed by atoms with Crippen LogP contribution in [0.4, 0.5) is 0 Å². The maximum atomic E-state index is 11.4. The van der Waals surface area contributed by atoms with Gasteiger partial charge in [0.05, 0.1) is 20.2 Å². The fraction of sp³-hybridized carbons (Fsp3) is 0.769. The lowest BCUT2D eigenvalue weighted by Gasteiger charge is -2.23. The summed E-state index contributed by atoms with van der Waals surface area (Å²) in [5, 5.41) is 8.07. The number of rotatable bonds is 5. The van der Waals surface area contributed by atoms with Crippen LogP contribution in [0.1, 0.15) is 46.4 Å². The molecule has 0 aliphatic heterocycles. The minimum atomic E-state index is -0.274. The summed E-state index contributed by atoms with van der Waals surface area (Å²) in [6.45, 7) is 10.7. The Hall–Kier alpha value is -1.43. The molecule has 0 unspecified atom stereocenters. The van der Waals surface area contributed by atoms with Gasteiger partial charge in [0.2, 0.25) is 11.8 Å². The number of esters is 1. The Kier molecular flexibility index (Phi) is 5.05. The third-order valence-electron chi connectivity index (χ3n) is 2.74. The van der Waals surface area contributed by atoms with Crippen LogP contribution in [0.3, 0.4) is 0 Å². The van der Waals surface area contributed by atoms with Crippen LogP contribution < -0.4 is 0 Å². The molecule has 0 aliphatic rings. The van der Waals surface area contributed by atoms with Crippen LogP contribution >= 0.6 is 0 Å². The van der Waals surface area contributed by atoms with Gasteiger partial charge in [0.25, 0.3) is 0 Å². The number of nitrogens with zero attached hydrogens (tertiary/aromatic N) is 3. The van der Waals surface area contributed by atoms with Crippen molar-refractivity contribution in [1.82, 2.24) is 15.1 Å². The van der Waals surface area contributed by atoms with Crippen molar-refractivity contribution >= 4 is 5.97 Å². The molecule has 0 amide bonds. The third kappa shape index (κ3) is 4.63. The van der Waals surface area contributed by atoms with E-state index in [1.54, 1.807) is 0 Å². The molecule has 1 rings (SSSR count). The van der Waals surface area contributed by atoms with Gasteiger partial charge < -0.3 is 9.15 Å². The molecule has 0 spiro atoms. The van der Waals surface area contributed by atoms with Gasteiger partial charge in [-0.15, -0.1) is 10.2 Å². The lowest BCUT2D eigenvalue weighted by Crippen LogP contribution is -2.35. The highest BCUT2D eigenvalue weighted by atomic mass is 16.5. The maximum absolute atomic E-state index is 11.4. The van der Waals surface area contributed by atoms with Crippen LogP contribution in [0.15, 0.2) is 4.42 Å². The van der Waals surface area contributed by atoms with E-state index < -0.39 is 0 Å². The summed E-state index contributed by atoms with van der Waals surface area (Å²) in [4.78, 5) is 13.3. The van der Waals surface area contributed by atoms with Crippen molar-refractivity contribution in [2.45, 2.75) is 52.6 Å². The molecule has 0 fully saturated rings. The number of aromatic nitrogens is 2. The van der Waals surface area contributed by atoms with E-state index in [0.717, 1.165) is 0 Å². The summed E-state index contributed by atoms with van der Waals surface area (Å²) < 4.78 is 10.3. The van der Waals surface area contributed by atoms with Crippen molar-refractivity contribution in [1.29, 1.82) is 0 Å². The van der Waals surface area contributed by atoms with Crippen LogP contribution in [-0.4, -0.2) is 40.8 Å². The summed E-state index contributed by atoms with van der Waals surface area (Å²) >= 11 is 0. The van der Waals surface area contributed by atoms with Crippen LogP contribution in [0.25, 0.3) is 0 Å². The first-order valence-electron chi connectivity index (χ1n) is 6.37. The number of hydrogen-bond donors (Lipinski definition) is 0. The molecule has 19 heavy (non-hydrogen) atoms. The molecule has 108 valence electrons. The Morgan fingerprint density at radius 1 is 1.37 bits per heavy atom. The average Bonchev–Trinajstić information content (AvgIpc) is 2.76. The third-order valence-corrected chi connectivity index (χ3v) is 2.74. The number of hydrogen-bond acceptors (Lipinski definition) is 6. The van der Waals surface area contributed by atoms with Crippen LogP contribution in [0, 0.1) is 0 Å². The quantitative estimate of drug-likeness (QED) is 0.759. The van der Waals surface area contributed by atoms with Crippen molar-refractivity contribution in [3.8, 4) is 0 Å². The fourth-order valence-corrected chi connectivity index (χ4v) is 1.45. The van der Waals surface area contributed by atoms with Gasteiger partial charge in [-0.3, -0.25) is 9.69 Å². The molecule has 1 aromatic heterocycles. The maximum Gasteiger partial charge on any atom is 0.319 e. The van der Waals surface area contributed by atoms with Gasteiger partial charge in [0, 0.05) is 11.5 Å². The van der Waals surface area contributed by atoms with Crippen LogP contribution in [0.5, 0.6) is 0 Å². The van der Waals surface area contributed by atoms with E-state index in [1.165, 1.54) is 7.11 Å². The molecule has 0 saturated heterocycles. The smallest absolute Gasteiger partial charge is 0.319 e. The van der Waals surface area contributed by atoms with Crippen molar-refractivity contribution < 1.29 is 13.9 Å². The molecule has 0 aromatic carbocycles. The summed E-state index contributed by atoms with van der Waals surface area (Å²) in [5.41, 5.74) is -0.170. The highest BCUT2D eigenvalue weighted by Crippen LogP contribution is 2.21. The van der Waals surface area contributed by atoms with Crippen molar-refractivity contribution in [3.63, 3.8) is 0 Å². The molecule has 6 nitrogen and oxygen atoms in total. The molecular formula is C13H23N3O3. The summed E-state index contributed by atoms with van der Waals surface area (Å²) in [5.74, 6) is 0.844. The number of methoxy groups -OCH3 is 1. The molecule has 0 N–H and O–H groups in total. The number of ether oxygens (including phenoxy) is 1. The standard InChI is InChI=1S/C13H23N3O3/c1-9(2)16(8-11(17)18-6)7-10-14-15-12(19-10)13(3,4)5/h9H,7-8H2,1-6H3. The monoisotopic (exact) mass is 269 g/mol. The zero-order valence-electron chi connectivity index (χ0n) is 12.6. The number of carbonyl (C=O) groups is 1. The second-order valence-corrected chi connectivity index (χ2v) is 5.83. The minimum absolute atomic E-state index is 0.170. The van der Waals surface area contributed by atoms with Gasteiger partial charge in [-0.2, -0.15) is 0 Å². The molecule has 0 aliphatic carbocycles. The van der Waals surface area contributed by atoms with Gasteiger partial charge in [-0.05, 0) is 13.8 Å². The molecule has 0 saturated carbocycles. The Morgan fingerprint density at radius 3 is 2.42 bits per heavy atom.